The van der Waals surface area contributed by atoms with Crippen LogP contribution < -0.4 is 10.1 Å². The Hall–Kier alpha value is -1.98. The van der Waals surface area contributed by atoms with Gasteiger partial charge in [-0.3, -0.25) is 0 Å². The van der Waals surface area contributed by atoms with Crippen LogP contribution in [0.1, 0.15) is 25.3 Å². The quantitative estimate of drug-likeness (QED) is 0.330. The Balaban J connectivity index is 0.00000289. The van der Waals surface area contributed by atoms with Crippen molar-refractivity contribution in [3.05, 3.63) is 54.0 Å². The number of nitrogens with one attached hydrogen (secondary N) is 1. The summed E-state index contributed by atoms with van der Waals surface area (Å²) in [6.07, 6.45) is 4.11. The van der Waals surface area contributed by atoms with Crippen molar-refractivity contribution in [1.29, 1.82) is 0 Å². The smallest absolute Gasteiger partial charge is 0.219 e. The second-order valence-electron chi connectivity index (χ2n) is 7.64. The average Bonchev–Trinajstić information content (AvgIpc) is 3.34. The second-order valence-corrected chi connectivity index (χ2v) is 7.64. The van der Waals surface area contributed by atoms with Gasteiger partial charge in [-0.05, 0) is 55.7 Å². The summed E-state index contributed by atoms with van der Waals surface area (Å²) in [5.41, 5.74) is 0.978. The van der Waals surface area contributed by atoms with Crippen molar-refractivity contribution in [1.82, 2.24) is 15.2 Å². The molecule has 32 heavy (non-hydrogen) atoms. The van der Waals surface area contributed by atoms with E-state index in [4.69, 9.17) is 19.2 Å². The van der Waals surface area contributed by atoms with Crippen LogP contribution in [0.25, 0.3) is 0 Å². The van der Waals surface area contributed by atoms with Gasteiger partial charge < -0.3 is 24.4 Å². The van der Waals surface area contributed by atoms with Crippen LogP contribution in [0.2, 0.25) is 0 Å². The Morgan fingerprint density at radius 1 is 1.22 bits per heavy atom. The molecule has 2 atom stereocenters. The Labute approximate surface area is 205 Å². The number of benzene rings is 1. The summed E-state index contributed by atoms with van der Waals surface area (Å²) in [6.45, 7) is 6.40. The van der Waals surface area contributed by atoms with Crippen LogP contribution in [-0.2, 0) is 16.0 Å². The Kier molecular flexibility index (Phi) is 9.49. The van der Waals surface area contributed by atoms with Gasteiger partial charge in [-0.1, -0.05) is 0 Å². The molecule has 2 aromatic rings. The molecule has 4 rings (SSSR count). The van der Waals surface area contributed by atoms with Crippen molar-refractivity contribution in [2.45, 2.75) is 38.5 Å². The van der Waals surface area contributed by atoms with Crippen LogP contribution in [-0.4, -0.2) is 60.9 Å². The molecular formula is C23H30FIN4O3. The van der Waals surface area contributed by atoms with E-state index in [9.17, 15) is 4.39 Å². The van der Waals surface area contributed by atoms with E-state index >= 15 is 0 Å². The fourth-order valence-electron chi connectivity index (χ4n) is 3.81. The van der Waals surface area contributed by atoms with Gasteiger partial charge in [-0.15, -0.1) is 24.0 Å². The van der Waals surface area contributed by atoms with Crippen LogP contribution in [0.4, 0.5) is 4.39 Å². The van der Waals surface area contributed by atoms with Crippen molar-refractivity contribution in [2.75, 3.05) is 32.8 Å². The van der Waals surface area contributed by atoms with Gasteiger partial charge in [0, 0.05) is 38.5 Å². The standard InChI is InChI=1S/C23H29FN4O3.HI/c1-2-25-23(28-11-13-30-21(16-28)20-4-3-12-29-20)27-15-17-9-10-26-22(14-17)31-19-7-5-18(24)6-8-19;/h5-10,14,20-21H,2-4,11-13,15-16H2,1H3,(H,25,27);1H. The summed E-state index contributed by atoms with van der Waals surface area (Å²) >= 11 is 0. The lowest BCUT2D eigenvalue weighted by molar-refractivity contribution is -0.0817. The number of rotatable bonds is 6. The number of hydrogen-bond donors (Lipinski definition) is 1. The number of ether oxygens (including phenoxy) is 3. The molecule has 2 unspecified atom stereocenters. The number of morpholine rings is 1. The molecule has 2 saturated heterocycles. The Morgan fingerprint density at radius 3 is 2.78 bits per heavy atom. The molecule has 0 amide bonds. The van der Waals surface area contributed by atoms with Crippen molar-refractivity contribution >= 4 is 29.9 Å². The molecule has 2 fully saturated rings. The number of aliphatic imine (C=N–C) groups is 1. The first kappa shape index (κ1) is 24.7. The van der Waals surface area contributed by atoms with Gasteiger partial charge >= 0.3 is 0 Å². The van der Waals surface area contributed by atoms with Gasteiger partial charge in [0.05, 0.1) is 19.3 Å². The lowest BCUT2D eigenvalue weighted by atomic mass is 10.1. The predicted molar refractivity (Wildman–Crippen MR) is 131 cm³/mol. The van der Waals surface area contributed by atoms with Gasteiger partial charge in [0.15, 0.2) is 5.96 Å². The number of halogens is 2. The van der Waals surface area contributed by atoms with Crippen molar-refractivity contribution in [3.63, 3.8) is 0 Å². The maximum Gasteiger partial charge on any atom is 0.219 e. The molecule has 0 radical (unpaired) electrons. The summed E-state index contributed by atoms with van der Waals surface area (Å²) in [5.74, 6) is 1.56. The van der Waals surface area contributed by atoms with Gasteiger partial charge in [0.1, 0.15) is 17.7 Å². The first-order valence-electron chi connectivity index (χ1n) is 10.9. The van der Waals surface area contributed by atoms with E-state index in [1.165, 1.54) is 12.1 Å². The highest BCUT2D eigenvalue weighted by Gasteiger charge is 2.32. The second kappa shape index (κ2) is 12.3. The first-order chi connectivity index (χ1) is 15.2. The zero-order valence-electron chi connectivity index (χ0n) is 18.2. The number of pyridine rings is 1. The third-order valence-corrected chi connectivity index (χ3v) is 5.35. The van der Waals surface area contributed by atoms with E-state index in [1.54, 1.807) is 18.3 Å². The summed E-state index contributed by atoms with van der Waals surface area (Å²) in [7, 11) is 0. The fourth-order valence-corrected chi connectivity index (χ4v) is 3.81. The van der Waals surface area contributed by atoms with Crippen molar-refractivity contribution in [2.24, 2.45) is 4.99 Å². The van der Waals surface area contributed by atoms with E-state index in [-0.39, 0.29) is 42.0 Å². The van der Waals surface area contributed by atoms with E-state index in [2.05, 4.69) is 22.1 Å². The summed E-state index contributed by atoms with van der Waals surface area (Å²) < 4.78 is 30.6. The highest BCUT2D eigenvalue weighted by Crippen LogP contribution is 2.22. The largest absolute Gasteiger partial charge is 0.439 e. The van der Waals surface area contributed by atoms with Gasteiger partial charge in [-0.25, -0.2) is 14.4 Å². The molecule has 1 aromatic carbocycles. The third-order valence-electron chi connectivity index (χ3n) is 5.35. The molecular weight excluding hydrogens is 526 g/mol. The fraction of sp³-hybridized carbons (Fsp3) is 0.478. The number of guanidine groups is 1. The van der Waals surface area contributed by atoms with Crippen LogP contribution in [0.3, 0.4) is 0 Å². The number of nitrogens with zero attached hydrogens (tertiary/aromatic N) is 3. The normalized spacial score (nSPS) is 21.2. The molecule has 2 aliphatic rings. The molecule has 2 aliphatic heterocycles. The maximum atomic E-state index is 13.1. The van der Waals surface area contributed by atoms with E-state index < -0.39 is 0 Å². The van der Waals surface area contributed by atoms with Gasteiger partial charge in [0.25, 0.3) is 0 Å². The first-order valence-corrected chi connectivity index (χ1v) is 10.9. The van der Waals surface area contributed by atoms with Gasteiger partial charge in [-0.2, -0.15) is 0 Å². The van der Waals surface area contributed by atoms with Crippen LogP contribution in [0.5, 0.6) is 11.6 Å². The van der Waals surface area contributed by atoms with E-state index in [1.807, 2.05) is 12.1 Å². The van der Waals surface area contributed by atoms with Crippen LogP contribution >= 0.6 is 24.0 Å². The third kappa shape index (κ3) is 6.76. The molecule has 1 aromatic heterocycles. The highest BCUT2D eigenvalue weighted by molar-refractivity contribution is 14.0. The molecule has 9 heteroatoms. The zero-order chi connectivity index (χ0) is 21.5. The Morgan fingerprint density at radius 2 is 2.03 bits per heavy atom. The maximum absolute atomic E-state index is 13.1. The Bertz CT molecular complexity index is 878. The average molecular weight is 556 g/mol. The highest BCUT2D eigenvalue weighted by atomic mass is 127. The molecule has 3 heterocycles. The SMILES string of the molecule is CCNC(=NCc1ccnc(Oc2ccc(F)cc2)c1)N1CCOC(C2CCCO2)C1.I. The van der Waals surface area contributed by atoms with E-state index in [0.29, 0.717) is 24.8 Å². The summed E-state index contributed by atoms with van der Waals surface area (Å²) in [4.78, 5) is 11.3. The summed E-state index contributed by atoms with van der Waals surface area (Å²) in [5, 5.41) is 3.39. The lowest BCUT2D eigenvalue weighted by Gasteiger charge is -2.37. The lowest BCUT2D eigenvalue weighted by Crippen LogP contribution is -2.53. The van der Waals surface area contributed by atoms with Crippen molar-refractivity contribution in [3.8, 4) is 11.6 Å². The molecule has 0 spiro atoms. The van der Waals surface area contributed by atoms with Crippen molar-refractivity contribution < 1.29 is 18.6 Å². The molecule has 0 aliphatic carbocycles. The molecule has 7 nitrogen and oxygen atoms in total. The number of aromatic nitrogens is 1. The minimum atomic E-state index is -0.302. The molecule has 174 valence electrons. The van der Waals surface area contributed by atoms with E-state index in [0.717, 1.165) is 50.6 Å². The topological polar surface area (TPSA) is 68.2 Å². The zero-order valence-corrected chi connectivity index (χ0v) is 20.5. The number of hydrogen-bond acceptors (Lipinski definition) is 5. The molecule has 0 bridgehead atoms. The molecule has 0 saturated carbocycles. The van der Waals surface area contributed by atoms with Gasteiger partial charge in [0.2, 0.25) is 5.88 Å². The summed E-state index contributed by atoms with van der Waals surface area (Å²) in [6, 6.07) is 9.64. The minimum absolute atomic E-state index is 0. The monoisotopic (exact) mass is 556 g/mol. The minimum Gasteiger partial charge on any atom is -0.439 e. The van der Waals surface area contributed by atoms with Crippen LogP contribution in [0, 0.1) is 5.82 Å². The van der Waals surface area contributed by atoms with Crippen LogP contribution in [0.15, 0.2) is 47.6 Å². The predicted octanol–water partition coefficient (Wildman–Crippen LogP) is 3.98. The molecule has 1 N–H and O–H groups in total.